The van der Waals surface area contributed by atoms with E-state index < -0.39 is 5.97 Å². The van der Waals surface area contributed by atoms with E-state index in [0.717, 1.165) is 43.0 Å². The van der Waals surface area contributed by atoms with Gasteiger partial charge >= 0.3 is 5.97 Å². The number of rotatable bonds is 11. The number of phenolic OH excluding ortho intramolecular Hbond substituents is 1. The van der Waals surface area contributed by atoms with Gasteiger partial charge in [-0.25, -0.2) is 4.79 Å². The molecule has 0 bridgehead atoms. The van der Waals surface area contributed by atoms with Crippen molar-refractivity contribution in [1.82, 2.24) is 4.90 Å². The van der Waals surface area contributed by atoms with Crippen LogP contribution < -0.4 is 4.74 Å². The van der Waals surface area contributed by atoms with Crippen molar-refractivity contribution >= 4 is 16.9 Å². The van der Waals surface area contributed by atoms with E-state index in [0.29, 0.717) is 46.8 Å². The van der Waals surface area contributed by atoms with Gasteiger partial charge in [0.2, 0.25) is 0 Å². The van der Waals surface area contributed by atoms with Crippen LogP contribution in [0, 0.1) is 5.92 Å². The van der Waals surface area contributed by atoms with E-state index in [1.807, 2.05) is 18.2 Å². The number of aromatic hydroxyl groups is 1. The third-order valence-corrected chi connectivity index (χ3v) is 7.33. The van der Waals surface area contributed by atoms with E-state index in [1.54, 1.807) is 33.3 Å². The molecule has 3 aromatic rings. The molecule has 0 radical (unpaired) electrons. The number of carbonyl (C=O) groups excluding carboxylic acids is 1. The molecule has 2 aromatic carbocycles. The van der Waals surface area contributed by atoms with Crippen LogP contribution >= 0.6 is 0 Å². The van der Waals surface area contributed by atoms with Crippen LogP contribution in [0.4, 0.5) is 0 Å². The lowest BCUT2D eigenvalue weighted by Gasteiger charge is -2.32. The van der Waals surface area contributed by atoms with Gasteiger partial charge in [-0.1, -0.05) is 26.2 Å². The Hall–Kier alpha value is -3.03. The van der Waals surface area contributed by atoms with E-state index in [-0.39, 0.29) is 12.4 Å². The van der Waals surface area contributed by atoms with E-state index in [1.165, 1.54) is 19.3 Å². The summed E-state index contributed by atoms with van der Waals surface area (Å²) in [6, 6.07) is 8.95. The fraction of sp³-hybridized carbons (Fsp3) is 0.500. The van der Waals surface area contributed by atoms with Gasteiger partial charge in [0.05, 0.1) is 20.3 Å². The molecule has 7 nitrogen and oxygen atoms in total. The van der Waals surface area contributed by atoms with Crippen LogP contribution in [0.2, 0.25) is 0 Å². The second-order valence-electron chi connectivity index (χ2n) is 9.78. The van der Waals surface area contributed by atoms with Crippen LogP contribution in [-0.4, -0.2) is 49.9 Å². The maximum atomic E-state index is 13.4. The minimum Gasteiger partial charge on any atom is -0.508 e. The minimum absolute atomic E-state index is 0.158. The van der Waals surface area contributed by atoms with Crippen LogP contribution in [-0.2, 0) is 22.6 Å². The third-order valence-electron chi connectivity index (χ3n) is 7.33. The first-order valence-corrected chi connectivity index (χ1v) is 13.3. The molecule has 37 heavy (non-hydrogen) atoms. The van der Waals surface area contributed by atoms with Crippen LogP contribution in [0.25, 0.3) is 22.3 Å². The summed E-state index contributed by atoms with van der Waals surface area (Å²) in [5.74, 6) is 1.55. The predicted octanol–water partition coefficient (Wildman–Crippen LogP) is 6.54. The highest BCUT2D eigenvalue weighted by Gasteiger charge is 2.29. The largest absolute Gasteiger partial charge is 0.508 e. The van der Waals surface area contributed by atoms with Gasteiger partial charge in [0.25, 0.3) is 0 Å². The van der Waals surface area contributed by atoms with Crippen molar-refractivity contribution in [1.29, 1.82) is 0 Å². The topological polar surface area (TPSA) is 81.4 Å². The highest BCUT2D eigenvalue weighted by Crippen LogP contribution is 2.41. The summed E-state index contributed by atoms with van der Waals surface area (Å²) in [7, 11) is 3.23. The Morgan fingerprint density at radius 3 is 2.59 bits per heavy atom. The molecule has 1 saturated heterocycles. The summed E-state index contributed by atoms with van der Waals surface area (Å²) in [6.45, 7) is 7.06. The second kappa shape index (κ2) is 12.5. The maximum absolute atomic E-state index is 13.4. The van der Waals surface area contributed by atoms with Crippen molar-refractivity contribution in [2.24, 2.45) is 5.92 Å². The number of piperidine rings is 1. The zero-order chi connectivity index (χ0) is 26.4. The molecule has 2 heterocycles. The zero-order valence-corrected chi connectivity index (χ0v) is 22.5. The number of unbranched alkanes of at least 4 members (excludes halogenated alkanes) is 1. The van der Waals surface area contributed by atoms with Crippen molar-refractivity contribution in [3.05, 3.63) is 47.0 Å². The number of furan rings is 1. The van der Waals surface area contributed by atoms with Crippen LogP contribution in [0.3, 0.4) is 0 Å². The second-order valence-corrected chi connectivity index (χ2v) is 9.78. The van der Waals surface area contributed by atoms with Crippen molar-refractivity contribution < 1.29 is 28.5 Å². The maximum Gasteiger partial charge on any atom is 0.342 e. The number of esters is 1. The third kappa shape index (κ3) is 5.94. The molecule has 4 rings (SSSR count). The Balaban J connectivity index is 1.78. The number of hydrogen-bond acceptors (Lipinski definition) is 7. The lowest BCUT2D eigenvalue weighted by molar-refractivity contribution is 0.0528. The SMILES string of the molecule is CCCCC1CCN(Cc2c(O)ccc3oc(-c4ccc(OC)cc4COC)c(C(=O)OCC)c23)CC1. The Kier molecular flexibility index (Phi) is 9.11. The molecular formula is C30H39NO6. The number of phenols is 1. The van der Waals surface area contributed by atoms with Gasteiger partial charge in [0.1, 0.15) is 28.4 Å². The van der Waals surface area contributed by atoms with Gasteiger partial charge < -0.3 is 23.7 Å². The lowest BCUT2D eigenvalue weighted by Crippen LogP contribution is -2.33. The average molecular weight is 510 g/mol. The van der Waals surface area contributed by atoms with E-state index in [2.05, 4.69) is 11.8 Å². The van der Waals surface area contributed by atoms with Crippen molar-refractivity contribution in [3.63, 3.8) is 0 Å². The lowest BCUT2D eigenvalue weighted by atomic mass is 9.91. The molecule has 1 N–H and O–H groups in total. The van der Waals surface area contributed by atoms with E-state index in [4.69, 9.17) is 18.6 Å². The summed E-state index contributed by atoms with van der Waals surface area (Å²) < 4.78 is 22.6. The first-order valence-electron chi connectivity index (χ1n) is 13.3. The number of methoxy groups -OCH3 is 2. The normalized spacial score (nSPS) is 14.8. The average Bonchev–Trinajstić information content (AvgIpc) is 3.30. The molecule has 7 heteroatoms. The molecule has 0 amide bonds. The molecule has 1 aliphatic rings. The van der Waals surface area contributed by atoms with Crippen LogP contribution in [0.5, 0.6) is 11.5 Å². The molecule has 0 saturated carbocycles. The number of ether oxygens (including phenoxy) is 3. The number of benzene rings is 2. The first kappa shape index (κ1) is 27.0. The van der Waals surface area contributed by atoms with Gasteiger partial charge in [-0.15, -0.1) is 0 Å². The Bertz CT molecular complexity index is 1210. The van der Waals surface area contributed by atoms with Crippen LogP contribution in [0.1, 0.15) is 67.4 Å². The summed E-state index contributed by atoms with van der Waals surface area (Å²) in [5.41, 5.74) is 3.13. The van der Waals surface area contributed by atoms with E-state index in [9.17, 15) is 9.90 Å². The summed E-state index contributed by atoms with van der Waals surface area (Å²) in [5, 5.41) is 11.6. The fourth-order valence-electron chi connectivity index (χ4n) is 5.34. The van der Waals surface area contributed by atoms with Crippen molar-refractivity contribution in [2.75, 3.05) is 33.9 Å². The Morgan fingerprint density at radius 1 is 1.14 bits per heavy atom. The van der Waals surface area contributed by atoms with Crippen LogP contribution in [0.15, 0.2) is 34.7 Å². The summed E-state index contributed by atoms with van der Waals surface area (Å²) in [4.78, 5) is 15.7. The van der Waals surface area contributed by atoms with Crippen molar-refractivity contribution in [2.45, 2.75) is 59.1 Å². The highest BCUT2D eigenvalue weighted by atomic mass is 16.5. The molecule has 0 spiro atoms. The fourth-order valence-corrected chi connectivity index (χ4v) is 5.34. The van der Waals surface area contributed by atoms with Gasteiger partial charge in [-0.05, 0) is 74.7 Å². The smallest absolute Gasteiger partial charge is 0.342 e. The molecule has 1 aromatic heterocycles. The standard InChI is InChI=1S/C30H39NO6/c1-5-7-8-20-13-15-31(16-14-20)18-24-25(32)11-12-26-27(24)28(30(33)36-6-2)29(37-26)23-10-9-22(35-4)17-21(23)19-34-3/h9-12,17,20,32H,5-8,13-16,18-19H2,1-4H3. The molecule has 0 unspecified atom stereocenters. The zero-order valence-electron chi connectivity index (χ0n) is 22.5. The molecule has 1 aliphatic heterocycles. The quantitative estimate of drug-likeness (QED) is 0.294. The Morgan fingerprint density at radius 2 is 1.92 bits per heavy atom. The first-order chi connectivity index (χ1) is 18.0. The van der Waals surface area contributed by atoms with Crippen molar-refractivity contribution in [3.8, 4) is 22.8 Å². The van der Waals surface area contributed by atoms with Gasteiger partial charge in [-0.2, -0.15) is 0 Å². The monoisotopic (exact) mass is 509 g/mol. The van der Waals surface area contributed by atoms with Gasteiger partial charge in [0.15, 0.2) is 0 Å². The molecule has 1 fully saturated rings. The number of likely N-dealkylation sites (tertiary alicyclic amines) is 1. The predicted molar refractivity (Wildman–Crippen MR) is 144 cm³/mol. The summed E-state index contributed by atoms with van der Waals surface area (Å²) in [6.07, 6.45) is 6.11. The molecule has 0 atom stereocenters. The van der Waals surface area contributed by atoms with E-state index >= 15 is 0 Å². The minimum atomic E-state index is -0.472. The van der Waals surface area contributed by atoms with Gasteiger partial charge in [-0.3, -0.25) is 4.90 Å². The molecule has 0 aliphatic carbocycles. The number of nitrogens with zero attached hydrogens (tertiary/aromatic N) is 1. The molecular weight excluding hydrogens is 470 g/mol. The summed E-state index contributed by atoms with van der Waals surface area (Å²) >= 11 is 0. The highest BCUT2D eigenvalue weighted by molar-refractivity contribution is 6.10. The molecule has 200 valence electrons. The Labute approximate surface area is 219 Å². The van der Waals surface area contributed by atoms with Gasteiger partial charge in [0, 0.05) is 30.2 Å². The number of fused-ring (bicyclic) bond motifs is 1. The number of carbonyl (C=O) groups is 1. The number of hydrogen-bond donors (Lipinski definition) is 1.